The molecule has 2 aliphatic rings. The minimum atomic E-state index is -0.0823. The Morgan fingerprint density at radius 2 is 2.27 bits per heavy atom. The molecular weight excluding hydrogens is 274 g/mol. The predicted molar refractivity (Wildman–Crippen MR) is 89.6 cm³/mol. The van der Waals surface area contributed by atoms with Gasteiger partial charge >= 0.3 is 0 Å². The topological polar surface area (TPSA) is 57.2 Å². The lowest BCUT2D eigenvalue weighted by Crippen LogP contribution is -2.30. The van der Waals surface area contributed by atoms with E-state index in [0.717, 1.165) is 24.0 Å². The molecule has 22 heavy (non-hydrogen) atoms. The number of rotatable bonds is 3. The molecular formula is C18H21N3O. The molecule has 1 aliphatic carbocycles. The first-order valence-corrected chi connectivity index (χ1v) is 7.87. The Balaban J connectivity index is 1.94. The zero-order valence-electron chi connectivity index (χ0n) is 13.1. The fourth-order valence-corrected chi connectivity index (χ4v) is 2.78. The average molecular weight is 295 g/mol. The fourth-order valence-electron chi connectivity index (χ4n) is 2.78. The summed E-state index contributed by atoms with van der Waals surface area (Å²) in [6, 6.07) is 0.106. The molecule has 0 spiro atoms. The van der Waals surface area contributed by atoms with Crippen LogP contribution in [0.2, 0.25) is 0 Å². The minimum absolute atomic E-state index is 0.0823. The highest BCUT2D eigenvalue weighted by Crippen LogP contribution is 2.28. The number of hydrogen-bond donors (Lipinski definition) is 2. The number of H-pyrrole nitrogens is 1. The number of aromatic amines is 1. The molecule has 0 saturated carbocycles. The number of carbonyl (C=O) groups excluding carboxylic acids is 1. The quantitative estimate of drug-likeness (QED) is 0.816. The van der Waals surface area contributed by atoms with Crippen molar-refractivity contribution >= 4 is 24.0 Å². The number of nitrogens with one attached hydrogen (secondary N) is 2. The van der Waals surface area contributed by atoms with Crippen LogP contribution in [-0.2, 0) is 0 Å². The molecule has 1 aliphatic heterocycles. The van der Waals surface area contributed by atoms with E-state index in [0.29, 0.717) is 11.4 Å². The van der Waals surface area contributed by atoms with E-state index < -0.39 is 0 Å². The van der Waals surface area contributed by atoms with Crippen LogP contribution in [0.1, 0.15) is 55.5 Å². The van der Waals surface area contributed by atoms with E-state index in [-0.39, 0.29) is 11.9 Å². The number of amides is 1. The summed E-state index contributed by atoms with van der Waals surface area (Å²) in [5.74, 6) is 0.633. The lowest BCUT2D eigenvalue weighted by Gasteiger charge is -2.11. The highest BCUT2D eigenvalue weighted by molar-refractivity contribution is 6.01. The van der Waals surface area contributed by atoms with Crippen molar-refractivity contribution in [1.29, 1.82) is 0 Å². The first-order valence-electron chi connectivity index (χ1n) is 7.87. The lowest BCUT2D eigenvalue weighted by atomic mass is 9.94. The second-order valence-corrected chi connectivity index (χ2v) is 6.03. The maximum absolute atomic E-state index is 12.2. The number of fused-ring (bicyclic) bond motifs is 1. The van der Waals surface area contributed by atoms with Gasteiger partial charge in [-0.15, -0.1) is 5.73 Å². The summed E-state index contributed by atoms with van der Waals surface area (Å²) in [7, 11) is 0. The average Bonchev–Trinajstić information content (AvgIpc) is 2.79. The van der Waals surface area contributed by atoms with E-state index in [1.54, 1.807) is 6.20 Å². The molecule has 1 aromatic heterocycles. The molecule has 4 nitrogen and oxygen atoms in total. The van der Waals surface area contributed by atoms with Gasteiger partial charge in [0, 0.05) is 29.6 Å². The van der Waals surface area contributed by atoms with E-state index in [4.69, 9.17) is 0 Å². The van der Waals surface area contributed by atoms with Crippen molar-refractivity contribution in [1.82, 2.24) is 10.3 Å². The van der Waals surface area contributed by atoms with Crippen LogP contribution in [0.3, 0.4) is 0 Å². The van der Waals surface area contributed by atoms with Crippen LogP contribution in [0.15, 0.2) is 34.1 Å². The van der Waals surface area contributed by atoms with Crippen LogP contribution < -0.4 is 5.32 Å². The summed E-state index contributed by atoms with van der Waals surface area (Å²) < 4.78 is 0. The molecule has 0 radical (unpaired) electrons. The van der Waals surface area contributed by atoms with Crippen molar-refractivity contribution in [3.63, 3.8) is 0 Å². The van der Waals surface area contributed by atoms with Crippen LogP contribution in [0.25, 0.3) is 6.08 Å². The van der Waals surface area contributed by atoms with Gasteiger partial charge in [-0.05, 0) is 51.2 Å². The van der Waals surface area contributed by atoms with Crippen LogP contribution in [0.5, 0.6) is 0 Å². The summed E-state index contributed by atoms with van der Waals surface area (Å²) in [5, 5.41) is 2.91. The molecule has 0 fully saturated rings. The van der Waals surface area contributed by atoms with Gasteiger partial charge in [0.1, 0.15) is 5.82 Å². The van der Waals surface area contributed by atoms with Crippen LogP contribution in [0.4, 0.5) is 5.82 Å². The number of carbonyl (C=O) groups is 1. The van der Waals surface area contributed by atoms with Gasteiger partial charge in [0.2, 0.25) is 0 Å². The molecule has 1 aromatic rings. The number of hydrogen-bond acceptors (Lipinski definition) is 2. The highest BCUT2D eigenvalue weighted by atomic mass is 16.1. The van der Waals surface area contributed by atoms with Gasteiger partial charge in [-0.1, -0.05) is 6.08 Å². The van der Waals surface area contributed by atoms with Gasteiger partial charge in [-0.25, -0.2) is 4.99 Å². The standard InChI is InChI=1S/C18H21N3O/c1-12(2)21-18(22)16-11-20-17-15(16)9-8-14(10-19-17)13-6-4-3-5-7-13/h6,9-12,20H,3-5,7H2,1-2H3,(H,21,22). The molecule has 0 saturated heterocycles. The first kappa shape index (κ1) is 14.6. The maximum Gasteiger partial charge on any atom is 0.253 e. The summed E-state index contributed by atoms with van der Waals surface area (Å²) in [5.41, 5.74) is 7.08. The smallest absolute Gasteiger partial charge is 0.253 e. The predicted octanol–water partition coefficient (Wildman–Crippen LogP) is 3.91. The molecule has 114 valence electrons. The number of nitrogens with zero attached hydrogens (tertiary/aromatic N) is 1. The third kappa shape index (κ3) is 2.97. The molecule has 2 N–H and O–H groups in total. The zero-order valence-corrected chi connectivity index (χ0v) is 13.1. The van der Waals surface area contributed by atoms with Gasteiger partial charge in [-0.3, -0.25) is 4.79 Å². The molecule has 0 atom stereocenters. The number of aliphatic imine (C=N–C) groups is 1. The van der Waals surface area contributed by atoms with Gasteiger partial charge in [0.05, 0.1) is 5.56 Å². The fraction of sp³-hybridized carbons (Fsp3) is 0.389. The van der Waals surface area contributed by atoms with Gasteiger partial charge in [0.25, 0.3) is 5.91 Å². The number of aromatic nitrogens is 1. The van der Waals surface area contributed by atoms with Crippen molar-refractivity contribution in [2.45, 2.75) is 45.6 Å². The Labute approximate surface area is 130 Å². The molecule has 0 unspecified atom stereocenters. The van der Waals surface area contributed by atoms with E-state index >= 15 is 0 Å². The lowest BCUT2D eigenvalue weighted by molar-refractivity contribution is 0.0943. The molecule has 1 amide bonds. The van der Waals surface area contributed by atoms with E-state index in [1.807, 2.05) is 26.1 Å². The summed E-state index contributed by atoms with van der Waals surface area (Å²) in [4.78, 5) is 19.8. The van der Waals surface area contributed by atoms with Gasteiger partial charge in [0.15, 0.2) is 0 Å². The summed E-state index contributed by atoms with van der Waals surface area (Å²) >= 11 is 0. The normalized spacial score (nSPS) is 16.9. The SMILES string of the molecule is CC(C)NC(=O)c1c[nH]c2c1C=C=C(C1=CCCCC1)C=N2. The van der Waals surface area contributed by atoms with E-state index in [9.17, 15) is 4.79 Å². The Bertz CT molecular complexity index is 713. The third-order valence-corrected chi connectivity index (χ3v) is 3.89. The van der Waals surface area contributed by atoms with Crippen molar-refractivity contribution in [3.05, 3.63) is 40.3 Å². The largest absolute Gasteiger partial charge is 0.350 e. The van der Waals surface area contributed by atoms with Crippen molar-refractivity contribution in [2.75, 3.05) is 0 Å². The molecule has 2 heterocycles. The van der Waals surface area contributed by atoms with Crippen molar-refractivity contribution in [3.8, 4) is 0 Å². The Morgan fingerprint density at radius 3 is 3.00 bits per heavy atom. The molecule has 4 heteroatoms. The zero-order chi connectivity index (χ0) is 15.5. The van der Waals surface area contributed by atoms with E-state index in [1.165, 1.54) is 18.4 Å². The third-order valence-electron chi connectivity index (χ3n) is 3.89. The highest BCUT2D eigenvalue weighted by Gasteiger charge is 2.17. The first-order chi connectivity index (χ1) is 10.6. The Hall–Kier alpha value is -2.32. The van der Waals surface area contributed by atoms with Crippen LogP contribution in [0, 0.1) is 0 Å². The summed E-state index contributed by atoms with van der Waals surface area (Å²) in [6.07, 6.45) is 12.4. The Kier molecular flexibility index (Phi) is 4.12. The van der Waals surface area contributed by atoms with Crippen molar-refractivity contribution in [2.24, 2.45) is 4.99 Å². The molecule has 3 rings (SSSR count). The number of allylic oxidation sites excluding steroid dienone is 3. The van der Waals surface area contributed by atoms with E-state index in [2.05, 4.69) is 27.1 Å². The minimum Gasteiger partial charge on any atom is -0.350 e. The van der Waals surface area contributed by atoms with Gasteiger partial charge in [-0.2, -0.15) is 0 Å². The summed E-state index contributed by atoms with van der Waals surface area (Å²) in [6.45, 7) is 3.90. The van der Waals surface area contributed by atoms with Crippen LogP contribution >= 0.6 is 0 Å². The second-order valence-electron chi connectivity index (χ2n) is 6.03. The molecule has 0 aromatic carbocycles. The van der Waals surface area contributed by atoms with Crippen LogP contribution in [-0.4, -0.2) is 23.1 Å². The maximum atomic E-state index is 12.2. The molecule has 0 bridgehead atoms. The second kappa shape index (κ2) is 6.20. The van der Waals surface area contributed by atoms with Crippen molar-refractivity contribution < 1.29 is 4.79 Å². The van der Waals surface area contributed by atoms with Gasteiger partial charge < -0.3 is 10.3 Å². The Morgan fingerprint density at radius 1 is 1.41 bits per heavy atom. The monoisotopic (exact) mass is 295 g/mol.